The SMILES string of the molecule is Cc1cc(C(O)CNCC2CCCO2)ccc1Cl. The van der Waals surface area contributed by atoms with Crippen LogP contribution in [0.4, 0.5) is 0 Å². The first-order chi connectivity index (χ1) is 8.66. The van der Waals surface area contributed by atoms with Crippen molar-refractivity contribution < 1.29 is 9.84 Å². The summed E-state index contributed by atoms with van der Waals surface area (Å²) in [4.78, 5) is 0. The van der Waals surface area contributed by atoms with E-state index in [0.29, 0.717) is 12.6 Å². The highest BCUT2D eigenvalue weighted by Gasteiger charge is 2.15. The van der Waals surface area contributed by atoms with Gasteiger partial charge in [-0.3, -0.25) is 0 Å². The molecular weight excluding hydrogens is 250 g/mol. The van der Waals surface area contributed by atoms with E-state index >= 15 is 0 Å². The van der Waals surface area contributed by atoms with Crippen LogP contribution < -0.4 is 5.32 Å². The number of halogens is 1. The van der Waals surface area contributed by atoms with Crippen molar-refractivity contribution >= 4 is 11.6 Å². The molecule has 3 nitrogen and oxygen atoms in total. The Morgan fingerprint density at radius 2 is 2.39 bits per heavy atom. The molecule has 0 aromatic heterocycles. The maximum atomic E-state index is 10.1. The number of nitrogens with one attached hydrogen (secondary N) is 1. The van der Waals surface area contributed by atoms with Crippen molar-refractivity contribution in [3.8, 4) is 0 Å². The fourth-order valence-electron chi connectivity index (χ4n) is 2.18. The minimum atomic E-state index is -0.498. The average molecular weight is 270 g/mol. The Kier molecular flexibility index (Phi) is 5.01. The molecule has 100 valence electrons. The lowest BCUT2D eigenvalue weighted by molar-refractivity contribution is 0.103. The maximum Gasteiger partial charge on any atom is 0.0914 e. The van der Waals surface area contributed by atoms with Crippen molar-refractivity contribution in [3.05, 3.63) is 34.3 Å². The predicted octanol–water partition coefficient (Wildman–Crippen LogP) is 2.45. The van der Waals surface area contributed by atoms with E-state index in [1.54, 1.807) is 0 Å². The molecular formula is C14H20ClNO2. The van der Waals surface area contributed by atoms with Gasteiger partial charge < -0.3 is 15.2 Å². The van der Waals surface area contributed by atoms with Crippen LogP contribution in [0.1, 0.15) is 30.1 Å². The number of ether oxygens (including phenoxy) is 1. The highest BCUT2D eigenvalue weighted by atomic mass is 35.5. The van der Waals surface area contributed by atoms with Gasteiger partial charge in [0.2, 0.25) is 0 Å². The van der Waals surface area contributed by atoms with Crippen molar-refractivity contribution in [2.75, 3.05) is 19.7 Å². The van der Waals surface area contributed by atoms with E-state index in [0.717, 1.165) is 42.1 Å². The summed E-state index contributed by atoms with van der Waals surface area (Å²) >= 11 is 5.96. The molecule has 1 saturated heterocycles. The highest BCUT2D eigenvalue weighted by Crippen LogP contribution is 2.20. The topological polar surface area (TPSA) is 41.5 Å². The van der Waals surface area contributed by atoms with Gasteiger partial charge in [0.15, 0.2) is 0 Å². The summed E-state index contributed by atoms with van der Waals surface area (Å²) in [7, 11) is 0. The van der Waals surface area contributed by atoms with Crippen LogP contribution in [0.2, 0.25) is 5.02 Å². The Balaban J connectivity index is 1.79. The van der Waals surface area contributed by atoms with Gasteiger partial charge in [0.25, 0.3) is 0 Å². The van der Waals surface area contributed by atoms with E-state index in [1.807, 2.05) is 25.1 Å². The second-order valence-electron chi connectivity index (χ2n) is 4.82. The molecule has 2 rings (SSSR count). The third kappa shape index (κ3) is 3.69. The number of hydrogen-bond donors (Lipinski definition) is 2. The molecule has 0 bridgehead atoms. The van der Waals surface area contributed by atoms with E-state index in [2.05, 4.69) is 5.32 Å². The summed E-state index contributed by atoms with van der Waals surface area (Å²) in [5.41, 5.74) is 1.89. The van der Waals surface area contributed by atoms with E-state index < -0.39 is 6.10 Å². The van der Waals surface area contributed by atoms with Crippen molar-refractivity contribution in [3.63, 3.8) is 0 Å². The Morgan fingerprint density at radius 1 is 1.56 bits per heavy atom. The van der Waals surface area contributed by atoms with Crippen LogP contribution in [0, 0.1) is 6.92 Å². The van der Waals surface area contributed by atoms with Crippen molar-refractivity contribution in [1.82, 2.24) is 5.32 Å². The van der Waals surface area contributed by atoms with Crippen LogP contribution in [0.15, 0.2) is 18.2 Å². The lowest BCUT2D eigenvalue weighted by Gasteiger charge is -2.15. The minimum absolute atomic E-state index is 0.309. The first-order valence-corrected chi connectivity index (χ1v) is 6.81. The summed E-state index contributed by atoms with van der Waals surface area (Å²) in [5.74, 6) is 0. The van der Waals surface area contributed by atoms with Crippen LogP contribution in [-0.4, -0.2) is 30.9 Å². The van der Waals surface area contributed by atoms with Crippen LogP contribution in [-0.2, 0) is 4.74 Å². The largest absolute Gasteiger partial charge is 0.387 e. The monoisotopic (exact) mass is 269 g/mol. The molecule has 1 aromatic carbocycles. The molecule has 1 heterocycles. The molecule has 2 unspecified atom stereocenters. The van der Waals surface area contributed by atoms with E-state index in [9.17, 15) is 5.11 Å². The Bertz CT molecular complexity index is 391. The third-order valence-corrected chi connectivity index (χ3v) is 3.72. The Hall–Kier alpha value is -0.610. The van der Waals surface area contributed by atoms with Gasteiger partial charge in [-0.25, -0.2) is 0 Å². The van der Waals surface area contributed by atoms with Crippen LogP contribution in [0.5, 0.6) is 0 Å². The minimum Gasteiger partial charge on any atom is -0.387 e. The molecule has 1 fully saturated rings. The first-order valence-electron chi connectivity index (χ1n) is 6.43. The van der Waals surface area contributed by atoms with Crippen LogP contribution in [0.3, 0.4) is 0 Å². The van der Waals surface area contributed by atoms with Gasteiger partial charge in [-0.05, 0) is 37.0 Å². The molecule has 0 amide bonds. The summed E-state index contributed by atoms with van der Waals surface area (Å²) < 4.78 is 5.51. The summed E-state index contributed by atoms with van der Waals surface area (Å²) in [5, 5.41) is 14.0. The van der Waals surface area contributed by atoms with E-state index in [4.69, 9.17) is 16.3 Å². The molecule has 1 aromatic rings. The molecule has 4 heteroatoms. The molecule has 0 radical (unpaired) electrons. The first kappa shape index (κ1) is 13.8. The van der Waals surface area contributed by atoms with Gasteiger partial charge in [0, 0.05) is 24.7 Å². The fraction of sp³-hybridized carbons (Fsp3) is 0.571. The van der Waals surface area contributed by atoms with Gasteiger partial charge in [0.05, 0.1) is 12.2 Å². The van der Waals surface area contributed by atoms with Gasteiger partial charge in [-0.2, -0.15) is 0 Å². The number of rotatable bonds is 5. The second-order valence-corrected chi connectivity index (χ2v) is 5.22. The van der Waals surface area contributed by atoms with Crippen molar-refractivity contribution in [2.45, 2.75) is 32.0 Å². The average Bonchev–Trinajstić information content (AvgIpc) is 2.85. The van der Waals surface area contributed by atoms with Gasteiger partial charge >= 0.3 is 0 Å². The van der Waals surface area contributed by atoms with Crippen LogP contribution >= 0.6 is 11.6 Å². The van der Waals surface area contributed by atoms with Crippen LogP contribution in [0.25, 0.3) is 0 Å². The molecule has 2 N–H and O–H groups in total. The molecule has 18 heavy (non-hydrogen) atoms. The fourth-order valence-corrected chi connectivity index (χ4v) is 2.30. The lowest BCUT2D eigenvalue weighted by atomic mass is 10.1. The zero-order valence-corrected chi connectivity index (χ0v) is 11.4. The summed E-state index contributed by atoms with van der Waals surface area (Å²) in [6.07, 6.45) is 2.07. The Labute approximate surface area is 113 Å². The van der Waals surface area contributed by atoms with Gasteiger partial charge in [0.1, 0.15) is 0 Å². The third-order valence-electron chi connectivity index (χ3n) is 3.30. The standard InChI is InChI=1S/C14H20ClNO2/c1-10-7-11(4-5-13(10)15)14(17)9-16-8-12-3-2-6-18-12/h4-5,7,12,14,16-17H,2-3,6,8-9H2,1H3. The quantitative estimate of drug-likeness (QED) is 0.863. The highest BCUT2D eigenvalue weighted by molar-refractivity contribution is 6.31. The van der Waals surface area contributed by atoms with E-state index in [1.165, 1.54) is 0 Å². The second kappa shape index (κ2) is 6.53. The number of hydrogen-bond acceptors (Lipinski definition) is 3. The zero-order valence-electron chi connectivity index (χ0n) is 10.7. The molecule has 0 saturated carbocycles. The van der Waals surface area contributed by atoms with Gasteiger partial charge in [-0.15, -0.1) is 0 Å². The normalized spacial score (nSPS) is 21.2. The number of aryl methyl sites for hydroxylation is 1. The number of benzene rings is 1. The molecule has 0 aliphatic carbocycles. The summed E-state index contributed by atoms with van der Waals surface area (Å²) in [6.45, 7) is 4.16. The van der Waals surface area contributed by atoms with Crippen molar-refractivity contribution in [1.29, 1.82) is 0 Å². The Morgan fingerprint density at radius 3 is 3.06 bits per heavy atom. The zero-order chi connectivity index (χ0) is 13.0. The lowest BCUT2D eigenvalue weighted by Crippen LogP contribution is -2.29. The smallest absolute Gasteiger partial charge is 0.0914 e. The van der Waals surface area contributed by atoms with Crippen molar-refractivity contribution in [2.24, 2.45) is 0 Å². The molecule has 1 aliphatic rings. The maximum absolute atomic E-state index is 10.1. The van der Waals surface area contributed by atoms with E-state index in [-0.39, 0.29) is 0 Å². The predicted molar refractivity (Wildman–Crippen MR) is 73.0 cm³/mol. The number of aliphatic hydroxyl groups is 1. The molecule has 0 spiro atoms. The summed E-state index contributed by atoms with van der Waals surface area (Å²) in [6, 6.07) is 5.63. The number of aliphatic hydroxyl groups excluding tert-OH is 1. The molecule has 1 aliphatic heterocycles. The van der Waals surface area contributed by atoms with Gasteiger partial charge in [-0.1, -0.05) is 23.7 Å². The molecule has 2 atom stereocenters.